The SMILES string of the molecule is Cc1cc(C)n2c(CC3(N)CCCC3)nnc2n1. The maximum absolute atomic E-state index is 6.42. The first-order valence-electron chi connectivity index (χ1n) is 6.55. The summed E-state index contributed by atoms with van der Waals surface area (Å²) in [6.07, 6.45) is 5.41. The molecule has 1 fully saturated rings. The molecule has 2 aromatic rings. The normalized spacial score (nSPS) is 18.6. The smallest absolute Gasteiger partial charge is 0.255 e. The highest BCUT2D eigenvalue weighted by Gasteiger charge is 2.31. The Hall–Kier alpha value is -1.49. The van der Waals surface area contributed by atoms with Gasteiger partial charge in [0.2, 0.25) is 0 Å². The van der Waals surface area contributed by atoms with E-state index in [1.54, 1.807) is 0 Å². The predicted molar refractivity (Wildman–Crippen MR) is 69.3 cm³/mol. The molecule has 0 radical (unpaired) electrons. The lowest BCUT2D eigenvalue weighted by atomic mass is 9.94. The third-order valence-corrected chi connectivity index (χ3v) is 3.87. The molecule has 2 N–H and O–H groups in total. The van der Waals surface area contributed by atoms with E-state index in [4.69, 9.17) is 5.73 Å². The molecule has 5 nitrogen and oxygen atoms in total. The number of nitrogens with zero attached hydrogens (tertiary/aromatic N) is 4. The summed E-state index contributed by atoms with van der Waals surface area (Å²) < 4.78 is 2.03. The van der Waals surface area contributed by atoms with Crippen LogP contribution in [0.25, 0.3) is 5.78 Å². The first-order valence-corrected chi connectivity index (χ1v) is 6.55. The molecule has 96 valence electrons. The zero-order chi connectivity index (χ0) is 12.8. The molecule has 0 spiro atoms. The highest BCUT2D eigenvalue weighted by molar-refractivity contribution is 5.32. The quantitative estimate of drug-likeness (QED) is 0.871. The number of aryl methyl sites for hydroxylation is 2. The van der Waals surface area contributed by atoms with E-state index in [0.717, 1.165) is 36.5 Å². The van der Waals surface area contributed by atoms with Gasteiger partial charge in [-0.25, -0.2) is 4.98 Å². The van der Waals surface area contributed by atoms with Gasteiger partial charge in [-0.1, -0.05) is 12.8 Å². The summed E-state index contributed by atoms with van der Waals surface area (Å²) in [4.78, 5) is 4.40. The summed E-state index contributed by atoms with van der Waals surface area (Å²) in [6.45, 7) is 4.04. The number of rotatable bonds is 2. The number of nitrogens with two attached hydrogens (primary N) is 1. The molecule has 1 aliphatic rings. The lowest BCUT2D eigenvalue weighted by molar-refractivity contribution is 0.424. The molecule has 18 heavy (non-hydrogen) atoms. The third kappa shape index (κ3) is 1.88. The molecular weight excluding hydrogens is 226 g/mol. The summed E-state index contributed by atoms with van der Waals surface area (Å²) >= 11 is 0. The Morgan fingerprint density at radius 2 is 2.00 bits per heavy atom. The Kier molecular flexibility index (Phi) is 2.59. The van der Waals surface area contributed by atoms with Gasteiger partial charge in [-0.15, -0.1) is 10.2 Å². The van der Waals surface area contributed by atoms with E-state index in [1.807, 2.05) is 11.3 Å². The molecule has 0 bridgehead atoms. The van der Waals surface area contributed by atoms with Crippen molar-refractivity contribution >= 4 is 5.78 Å². The van der Waals surface area contributed by atoms with E-state index in [-0.39, 0.29) is 5.54 Å². The van der Waals surface area contributed by atoms with Crippen molar-refractivity contribution in [3.05, 3.63) is 23.3 Å². The van der Waals surface area contributed by atoms with Gasteiger partial charge in [0.15, 0.2) is 0 Å². The second-order valence-electron chi connectivity index (χ2n) is 5.54. The first-order chi connectivity index (χ1) is 8.57. The van der Waals surface area contributed by atoms with Crippen LogP contribution in [0.2, 0.25) is 0 Å². The van der Waals surface area contributed by atoms with Crippen molar-refractivity contribution in [3.63, 3.8) is 0 Å². The van der Waals surface area contributed by atoms with Crippen LogP contribution in [0.15, 0.2) is 6.07 Å². The molecule has 2 aromatic heterocycles. The zero-order valence-corrected chi connectivity index (χ0v) is 11.0. The van der Waals surface area contributed by atoms with Crippen LogP contribution in [0.4, 0.5) is 0 Å². The van der Waals surface area contributed by atoms with Crippen LogP contribution < -0.4 is 5.73 Å². The van der Waals surface area contributed by atoms with Crippen LogP contribution in [0.1, 0.15) is 42.9 Å². The fraction of sp³-hybridized carbons (Fsp3) is 0.615. The second kappa shape index (κ2) is 4.02. The minimum absolute atomic E-state index is 0.0969. The van der Waals surface area contributed by atoms with Gasteiger partial charge >= 0.3 is 0 Å². The number of aromatic nitrogens is 4. The van der Waals surface area contributed by atoms with E-state index in [0.29, 0.717) is 5.78 Å². The minimum Gasteiger partial charge on any atom is -0.325 e. The Morgan fingerprint density at radius 1 is 1.28 bits per heavy atom. The zero-order valence-electron chi connectivity index (χ0n) is 11.0. The van der Waals surface area contributed by atoms with Crippen LogP contribution in [-0.2, 0) is 6.42 Å². The van der Waals surface area contributed by atoms with E-state index in [9.17, 15) is 0 Å². The maximum atomic E-state index is 6.42. The molecule has 1 saturated carbocycles. The van der Waals surface area contributed by atoms with E-state index < -0.39 is 0 Å². The second-order valence-corrected chi connectivity index (χ2v) is 5.54. The van der Waals surface area contributed by atoms with Crippen molar-refractivity contribution < 1.29 is 0 Å². The van der Waals surface area contributed by atoms with Gasteiger partial charge in [0.1, 0.15) is 5.82 Å². The highest BCUT2D eigenvalue weighted by atomic mass is 15.3. The summed E-state index contributed by atoms with van der Waals surface area (Å²) in [5.74, 6) is 1.63. The maximum Gasteiger partial charge on any atom is 0.255 e. The molecule has 1 aliphatic carbocycles. The van der Waals surface area contributed by atoms with Crippen LogP contribution in [-0.4, -0.2) is 25.1 Å². The van der Waals surface area contributed by atoms with Gasteiger partial charge in [-0.05, 0) is 32.8 Å². The third-order valence-electron chi connectivity index (χ3n) is 3.87. The largest absolute Gasteiger partial charge is 0.325 e. The van der Waals surface area contributed by atoms with Crippen LogP contribution in [0.3, 0.4) is 0 Å². The minimum atomic E-state index is -0.0969. The molecular formula is C13H19N5. The summed E-state index contributed by atoms with van der Waals surface area (Å²) in [6, 6.07) is 2.05. The van der Waals surface area contributed by atoms with E-state index in [1.165, 1.54) is 12.8 Å². The van der Waals surface area contributed by atoms with Gasteiger partial charge in [-0.2, -0.15) is 0 Å². The lowest BCUT2D eigenvalue weighted by Gasteiger charge is -2.22. The summed E-state index contributed by atoms with van der Waals surface area (Å²) in [5, 5.41) is 8.44. The average molecular weight is 245 g/mol. The molecule has 0 atom stereocenters. The predicted octanol–water partition coefficient (Wildman–Crippen LogP) is 1.56. The van der Waals surface area contributed by atoms with Crippen molar-refractivity contribution in [3.8, 4) is 0 Å². The van der Waals surface area contributed by atoms with Gasteiger partial charge < -0.3 is 5.73 Å². The van der Waals surface area contributed by atoms with Crippen molar-refractivity contribution in [2.24, 2.45) is 5.73 Å². The fourth-order valence-electron chi connectivity index (χ4n) is 2.98. The molecule has 3 rings (SSSR count). The van der Waals surface area contributed by atoms with Crippen LogP contribution >= 0.6 is 0 Å². The van der Waals surface area contributed by atoms with Crippen LogP contribution in [0, 0.1) is 13.8 Å². The Morgan fingerprint density at radius 3 is 2.72 bits per heavy atom. The molecule has 0 aliphatic heterocycles. The van der Waals surface area contributed by atoms with Crippen LogP contribution in [0.5, 0.6) is 0 Å². The van der Waals surface area contributed by atoms with Gasteiger partial charge in [0, 0.05) is 23.3 Å². The standard InChI is InChI=1S/C13H19N5/c1-9-7-10(2)18-11(16-17-12(18)15-9)8-13(14)5-3-4-6-13/h7H,3-6,8,14H2,1-2H3. The van der Waals surface area contributed by atoms with E-state index >= 15 is 0 Å². The summed E-state index contributed by atoms with van der Waals surface area (Å²) in [5.41, 5.74) is 8.42. The molecule has 0 unspecified atom stereocenters. The average Bonchev–Trinajstić information content (AvgIpc) is 2.86. The topological polar surface area (TPSA) is 69.1 Å². The number of hydrogen-bond acceptors (Lipinski definition) is 4. The molecule has 0 aromatic carbocycles. The van der Waals surface area contributed by atoms with Gasteiger partial charge in [-0.3, -0.25) is 4.40 Å². The monoisotopic (exact) mass is 245 g/mol. The number of hydrogen-bond donors (Lipinski definition) is 1. The van der Waals surface area contributed by atoms with Crippen molar-refractivity contribution in [1.29, 1.82) is 0 Å². The molecule has 0 saturated heterocycles. The lowest BCUT2D eigenvalue weighted by Crippen LogP contribution is -2.39. The van der Waals surface area contributed by atoms with Crippen molar-refractivity contribution in [1.82, 2.24) is 19.6 Å². The summed E-state index contributed by atoms with van der Waals surface area (Å²) in [7, 11) is 0. The molecule has 5 heteroatoms. The van der Waals surface area contributed by atoms with Gasteiger partial charge in [0.25, 0.3) is 5.78 Å². The highest BCUT2D eigenvalue weighted by Crippen LogP contribution is 2.30. The number of fused-ring (bicyclic) bond motifs is 1. The van der Waals surface area contributed by atoms with Crippen molar-refractivity contribution in [2.75, 3.05) is 0 Å². The Balaban J connectivity index is 2.02. The Labute approximate surface area is 106 Å². The van der Waals surface area contributed by atoms with Crippen molar-refractivity contribution in [2.45, 2.75) is 51.5 Å². The van der Waals surface area contributed by atoms with Gasteiger partial charge in [0.05, 0.1) is 0 Å². The first kappa shape index (κ1) is 11.6. The Bertz CT molecular complexity index is 580. The van der Waals surface area contributed by atoms with E-state index in [2.05, 4.69) is 28.2 Å². The molecule has 0 amide bonds. The molecule has 2 heterocycles. The fourth-order valence-corrected chi connectivity index (χ4v) is 2.98.